The van der Waals surface area contributed by atoms with E-state index in [1.165, 1.54) is 25.4 Å². The Morgan fingerprint density at radius 2 is 2.16 bits per heavy atom. The van der Waals surface area contributed by atoms with Gasteiger partial charge < -0.3 is 10.6 Å². The molecule has 0 saturated heterocycles. The van der Waals surface area contributed by atoms with Crippen LogP contribution >= 0.6 is 0 Å². The number of hydrogen-bond acceptors (Lipinski definition) is 5. The van der Waals surface area contributed by atoms with Gasteiger partial charge in [-0.2, -0.15) is 0 Å². The number of hydrogen-bond donors (Lipinski definition) is 3. The van der Waals surface area contributed by atoms with E-state index >= 15 is 0 Å². The lowest BCUT2D eigenvalue weighted by Gasteiger charge is -2.08. The molecule has 0 radical (unpaired) electrons. The largest absolute Gasteiger partial charge is 0.370 e. The summed E-state index contributed by atoms with van der Waals surface area (Å²) >= 11 is 0. The van der Waals surface area contributed by atoms with Gasteiger partial charge in [-0.15, -0.1) is 0 Å². The Labute approximate surface area is 112 Å². The maximum Gasteiger partial charge on any atom is 0.240 e. The van der Waals surface area contributed by atoms with Crippen molar-refractivity contribution in [3.63, 3.8) is 0 Å². The molecule has 1 aromatic heterocycles. The number of anilines is 1. The maximum absolute atomic E-state index is 12.0. The monoisotopic (exact) mass is 286 g/mol. The van der Waals surface area contributed by atoms with Crippen molar-refractivity contribution in [2.24, 2.45) is 0 Å². The zero-order valence-electron chi connectivity index (χ0n) is 10.9. The van der Waals surface area contributed by atoms with Gasteiger partial charge in [0.15, 0.2) is 0 Å². The second kappa shape index (κ2) is 7.05. The minimum absolute atomic E-state index is 0.0564. The summed E-state index contributed by atoms with van der Waals surface area (Å²) in [6.45, 7) is 2.60. The number of aromatic nitrogens is 1. The molecule has 8 heteroatoms. The van der Waals surface area contributed by atoms with Crippen LogP contribution in [0.4, 0.5) is 5.82 Å². The van der Waals surface area contributed by atoms with Crippen molar-refractivity contribution in [2.45, 2.75) is 18.2 Å². The van der Waals surface area contributed by atoms with Crippen molar-refractivity contribution in [2.75, 3.05) is 25.5 Å². The third-order valence-corrected chi connectivity index (χ3v) is 3.78. The molecule has 0 bridgehead atoms. The Bertz CT molecular complexity index is 530. The summed E-state index contributed by atoms with van der Waals surface area (Å²) in [5.74, 6) is 0.280. The standard InChI is InChI=1S/C11H18N4O3S/c1-3-13-10-8-9(4-6-14-10)19(17,18)15-7-5-11(16)12-2/h4,6,8,15H,3,5,7H2,1-2H3,(H,12,16)(H,13,14). The van der Waals surface area contributed by atoms with Crippen LogP contribution in [0, 0.1) is 0 Å². The topological polar surface area (TPSA) is 100 Å². The molecule has 0 aromatic carbocycles. The van der Waals surface area contributed by atoms with Crippen LogP contribution in [0.1, 0.15) is 13.3 Å². The van der Waals surface area contributed by atoms with Gasteiger partial charge in [-0.25, -0.2) is 18.1 Å². The van der Waals surface area contributed by atoms with Crippen molar-refractivity contribution in [3.05, 3.63) is 18.3 Å². The van der Waals surface area contributed by atoms with Gasteiger partial charge in [0.05, 0.1) is 4.90 Å². The highest BCUT2D eigenvalue weighted by Crippen LogP contribution is 2.12. The Hall–Kier alpha value is -1.67. The lowest BCUT2D eigenvalue weighted by atomic mass is 10.4. The summed E-state index contributed by atoms with van der Waals surface area (Å²) in [5.41, 5.74) is 0. The van der Waals surface area contributed by atoms with Crippen LogP contribution in [-0.4, -0.2) is 39.4 Å². The lowest BCUT2D eigenvalue weighted by Crippen LogP contribution is -2.29. The van der Waals surface area contributed by atoms with E-state index < -0.39 is 10.0 Å². The summed E-state index contributed by atoms with van der Waals surface area (Å²) in [6.07, 6.45) is 1.52. The predicted molar refractivity (Wildman–Crippen MR) is 72.3 cm³/mol. The second-order valence-corrected chi connectivity index (χ2v) is 5.50. The van der Waals surface area contributed by atoms with Gasteiger partial charge in [0, 0.05) is 38.8 Å². The molecule has 0 aliphatic rings. The number of rotatable bonds is 7. The van der Waals surface area contributed by atoms with Gasteiger partial charge in [-0.3, -0.25) is 4.79 Å². The molecule has 0 aliphatic carbocycles. The first-order chi connectivity index (χ1) is 8.99. The molecule has 1 amide bonds. The minimum Gasteiger partial charge on any atom is -0.370 e. The van der Waals surface area contributed by atoms with Gasteiger partial charge in [-0.1, -0.05) is 0 Å². The van der Waals surface area contributed by atoms with E-state index in [2.05, 4.69) is 20.3 Å². The quantitative estimate of drug-likeness (QED) is 0.651. The molecule has 0 unspecified atom stereocenters. The van der Waals surface area contributed by atoms with Crippen LogP contribution in [0.25, 0.3) is 0 Å². The van der Waals surface area contributed by atoms with Crippen molar-refractivity contribution in [1.82, 2.24) is 15.0 Å². The number of nitrogens with zero attached hydrogens (tertiary/aromatic N) is 1. The number of amides is 1. The van der Waals surface area contributed by atoms with Crippen LogP contribution in [0.3, 0.4) is 0 Å². The van der Waals surface area contributed by atoms with E-state index in [0.717, 1.165) is 0 Å². The highest BCUT2D eigenvalue weighted by molar-refractivity contribution is 7.89. The molecule has 3 N–H and O–H groups in total. The van der Waals surface area contributed by atoms with Gasteiger partial charge in [-0.05, 0) is 13.0 Å². The highest BCUT2D eigenvalue weighted by atomic mass is 32.2. The van der Waals surface area contributed by atoms with Gasteiger partial charge in [0.25, 0.3) is 0 Å². The molecule has 7 nitrogen and oxygen atoms in total. The van der Waals surface area contributed by atoms with Crippen LogP contribution < -0.4 is 15.4 Å². The fraction of sp³-hybridized carbons (Fsp3) is 0.455. The summed E-state index contributed by atoms with van der Waals surface area (Å²) in [5, 5.41) is 5.36. The minimum atomic E-state index is -3.61. The molecule has 106 valence electrons. The molecule has 0 spiro atoms. The van der Waals surface area contributed by atoms with Crippen molar-refractivity contribution in [1.29, 1.82) is 0 Å². The predicted octanol–water partition coefficient (Wildman–Crippen LogP) is -0.0722. The zero-order valence-corrected chi connectivity index (χ0v) is 11.8. The Kier molecular flexibility index (Phi) is 5.71. The number of carbonyl (C=O) groups is 1. The average molecular weight is 286 g/mol. The number of carbonyl (C=O) groups excluding carboxylic acids is 1. The van der Waals surface area contributed by atoms with Crippen LogP contribution in [0.2, 0.25) is 0 Å². The van der Waals surface area contributed by atoms with Gasteiger partial charge in [0.2, 0.25) is 15.9 Å². The highest BCUT2D eigenvalue weighted by Gasteiger charge is 2.14. The molecule has 1 heterocycles. The molecule has 0 fully saturated rings. The van der Waals surface area contributed by atoms with Gasteiger partial charge >= 0.3 is 0 Å². The number of nitrogens with one attached hydrogen (secondary N) is 3. The number of sulfonamides is 1. The van der Waals surface area contributed by atoms with Crippen LogP contribution in [0.15, 0.2) is 23.2 Å². The summed E-state index contributed by atoms with van der Waals surface area (Å²) in [6, 6.07) is 2.86. The van der Waals surface area contributed by atoms with E-state index in [-0.39, 0.29) is 23.8 Å². The van der Waals surface area contributed by atoms with Crippen molar-refractivity contribution >= 4 is 21.7 Å². The molecule has 19 heavy (non-hydrogen) atoms. The van der Waals surface area contributed by atoms with E-state index in [4.69, 9.17) is 0 Å². The van der Waals surface area contributed by atoms with Gasteiger partial charge in [0.1, 0.15) is 5.82 Å². The molecule has 0 aliphatic heterocycles. The Morgan fingerprint density at radius 3 is 2.79 bits per heavy atom. The molecule has 0 atom stereocenters. The number of pyridine rings is 1. The smallest absolute Gasteiger partial charge is 0.240 e. The first kappa shape index (κ1) is 15.4. The van der Waals surface area contributed by atoms with E-state index in [0.29, 0.717) is 12.4 Å². The van der Waals surface area contributed by atoms with E-state index in [9.17, 15) is 13.2 Å². The Balaban J connectivity index is 2.71. The summed E-state index contributed by atoms with van der Waals surface area (Å²) in [7, 11) is -2.11. The molecule has 1 aromatic rings. The zero-order chi connectivity index (χ0) is 14.3. The second-order valence-electron chi connectivity index (χ2n) is 3.73. The molecular weight excluding hydrogens is 268 g/mol. The fourth-order valence-corrected chi connectivity index (χ4v) is 2.41. The lowest BCUT2D eigenvalue weighted by molar-refractivity contribution is -0.120. The van der Waals surface area contributed by atoms with E-state index in [1.54, 1.807) is 0 Å². The third-order valence-electron chi connectivity index (χ3n) is 2.32. The normalized spacial score (nSPS) is 11.1. The van der Waals surface area contributed by atoms with Crippen molar-refractivity contribution in [3.8, 4) is 0 Å². The third kappa shape index (κ3) is 4.84. The van der Waals surface area contributed by atoms with E-state index in [1.807, 2.05) is 6.92 Å². The molecule has 0 saturated carbocycles. The van der Waals surface area contributed by atoms with Crippen LogP contribution in [-0.2, 0) is 14.8 Å². The van der Waals surface area contributed by atoms with Crippen molar-refractivity contribution < 1.29 is 13.2 Å². The fourth-order valence-electron chi connectivity index (χ4n) is 1.36. The first-order valence-electron chi connectivity index (χ1n) is 5.89. The Morgan fingerprint density at radius 1 is 1.42 bits per heavy atom. The summed E-state index contributed by atoms with van der Waals surface area (Å²) in [4.78, 5) is 15.1. The first-order valence-corrected chi connectivity index (χ1v) is 7.38. The average Bonchev–Trinajstić information content (AvgIpc) is 2.39. The maximum atomic E-state index is 12.0. The molecule has 1 rings (SSSR count). The summed E-state index contributed by atoms with van der Waals surface area (Å²) < 4.78 is 26.3. The SMILES string of the molecule is CCNc1cc(S(=O)(=O)NCCC(=O)NC)ccn1. The van der Waals surface area contributed by atoms with Crippen LogP contribution in [0.5, 0.6) is 0 Å². The molecular formula is C11H18N4O3S.